The van der Waals surface area contributed by atoms with Crippen LogP contribution in [-0.4, -0.2) is 48.1 Å². The zero-order valence-electron chi connectivity index (χ0n) is 13.0. The van der Waals surface area contributed by atoms with Crippen molar-refractivity contribution in [2.75, 3.05) is 26.2 Å². The number of carbonyl (C=O) groups excluding carboxylic acids is 1. The van der Waals surface area contributed by atoms with Crippen molar-refractivity contribution in [3.8, 4) is 0 Å². The maximum absolute atomic E-state index is 12.1. The third-order valence-corrected chi connectivity index (χ3v) is 4.10. The van der Waals surface area contributed by atoms with Gasteiger partial charge in [-0.25, -0.2) is 4.98 Å². The summed E-state index contributed by atoms with van der Waals surface area (Å²) < 4.78 is 42.0. The van der Waals surface area contributed by atoms with Crippen LogP contribution in [0.1, 0.15) is 24.7 Å². The number of alkyl halides is 3. The van der Waals surface area contributed by atoms with E-state index < -0.39 is 18.6 Å². The number of nitrogens with zero attached hydrogens (tertiary/aromatic N) is 2. The normalized spacial score (nSPS) is 17.3. The molecule has 24 heavy (non-hydrogen) atoms. The van der Waals surface area contributed by atoms with Gasteiger partial charge in [0.05, 0.1) is 6.54 Å². The molecular formula is C16H18F3N3O2. The molecule has 0 aliphatic carbocycles. The first-order valence-corrected chi connectivity index (χ1v) is 7.82. The van der Waals surface area contributed by atoms with Gasteiger partial charge in [-0.1, -0.05) is 12.1 Å². The SMILES string of the molecule is O=C(CN1CCC(c2nc3ccccc3o2)CC1)NCC(F)(F)F. The number of aromatic nitrogens is 1. The molecule has 0 unspecified atom stereocenters. The number of hydrogen-bond donors (Lipinski definition) is 1. The minimum atomic E-state index is -4.38. The van der Waals surface area contributed by atoms with Gasteiger partial charge >= 0.3 is 6.18 Å². The maximum atomic E-state index is 12.1. The van der Waals surface area contributed by atoms with Gasteiger partial charge in [-0.05, 0) is 38.1 Å². The van der Waals surface area contributed by atoms with Crippen LogP contribution in [-0.2, 0) is 4.79 Å². The second-order valence-electron chi connectivity index (χ2n) is 5.96. The van der Waals surface area contributed by atoms with Crippen molar-refractivity contribution in [1.29, 1.82) is 0 Å². The van der Waals surface area contributed by atoms with E-state index in [1.54, 1.807) is 0 Å². The highest BCUT2D eigenvalue weighted by molar-refractivity contribution is 5.78. The summed E-state index contributed by atoms with van der Waals surface area (Å²) in [7, 11) is 0. The molecule has 2 aromatic rings. The second kappa shape index (κ2) is 6.80. The number of fused-ring (bicyclic) bond motifs is 1. The summed E-state index contributed by atoms with van der Waals surface area (Å²) in [4.78, 5) is 17.9. The number of likely N-dealkylation sites (tertiary alicyclic amines) is 1. The highest BCUT2D eigenvalue weighted by Gasteiger charge is 2.29. The summed E-state index contributed by atoms with van der Waals surface area (Å²) in [5, 5.41) is 1.89. The molecule has 1 fully saturated rings. The Bertz CT molecular complexity index is 673. The molecule has 8 heteroatoms. The van der Waals surface area contributed by atoms with Crippen LogP contribution in [0.25, 0.3) is 11.1 Å². The summed E-state index contributed by atoms with van der Waals surface area (Å²) in [6.45, 7) is -0.0484. The molecule has 5 nitrogen and oxygen atoms in total. The van der Waals surface area contributed by atoms with Crippen molar-refractivity contribution in [2.45, 2.75) is 24.9 Å². The van der Waals surface area contributed by atoms with E-state index in [1.807, 2.05) is 34.5 Å². The Morgan fingerprint density at radius 3 is 2.67 bits per heavy atom. The van der Waals surface area contributed by atoms with E-state index in [1.165, 1.54) is 0 Å². The molecule has 1 aromatic heterocycles. The van der Waals surface area contributed by atoms with Crippen molar-refractivity contribution >= 4 is 17.0 Å². The fraction of sp³-hybridized carbons (Fsp3) is 0.500. The molecule has 1 aliphatic heterocycles. The Balaban J connectivity index is 1.49. The van der Waals surface area contributed by atoms with Gasteiger partial charge in [0.1, 0.15) is 12.1 Å². The second-order valence-corrected chi connectivity index (χ2v) is 5.96. The fourth-order valence-electron chi connectivity index (χ4n) is 2.86. The zero-order chi connectivity index (χ0) is 17.2. The van der Waals surface area contributed by atoms with E-state index in [0.29, 0.717) is 19.0 Å². The van der Waals surface area contributed by atoms with Crippen molar-refractivity contribution in [3.05, 3.63) is 30.2 Å². The van der Waals surface area contributed by atoms with Crippen LogP contribution < -0.4 is 5.32 Å². The van der Waals surface area contributed by atoms with E-state index in [-0.39, 0.29) is 12.5 Å². The van der Waals surface area contributed by atoms with E-state index in [4.69, 9.17) is 4.42 Å². The molecule has 0 saturated carbocycles. The highest BCUT2D eigenvalue weighted by atomic mass is 19.4. The van der Waals surface area contributed by atoms with Gasteiger partial charge in [0.15, 0.2) is 11.5 Å². The molecule has 1 aromatic carbocycles. The number of benzene rings is 1. The lowest BCUT2D eigenvalue weighted by Crippen LogP contribution is -2.43. The first-order chi connectivity index (χ1) is 11.4. The number of oxazole rings is 1. The van der Waals surface area contributed by atoms with Crippen molar-refractivity contribution in [2.24, 2.45) is 0 Å². The topological polar surface area (TPSA) is 58.4 Å². The van der Waals surface area contributed by atoms with Crippen molar-refractivity contribution in [3.63, 3.8) is 0 Å². The predicted molar refractivity (Wildman–Crippen MR) is 81.5 cm³/mol. The molecule has 0 bridgehead atoms. The van der Waals surface area contributed by atoms with E-state index >= 15 is 0 Å². The van der Waals surface area contributed by atoms with Gasteiger partial charge in [0.25, 0.3) is 0 Å². The van der Waals surface area contributed by atoms with E-state index in [9.17, 15) is 18.0 Å². The molecule has 130 valence electrons. The number of rotatable bonds is 4. The summed E-state index contributed by atoms with van der Waals surface area (Å²) in [6.07, 6.45) is -2.85. The third kappa shape index (κ3) is 4.25. The lowest BCUT2D eigenvalue weighted by Gasteiger charge is -2.29. The van der Waals surface area contributed by atoms with Crippen LogP contribution in [0.5, 0.6) is 0 Å². The van der Waals surface area contributed by atoms with Gasteiger partial charge in [-0.15, -0.1) is 0 Å². The van der Waals surface area contributed by atoms with E-state index in [2.05, 4.69) is 4.98 Å². The molecule has 0 spiro atoms. The molecule has 1 amide bonds. The molecule has 3 rings (SSSR count). The van der Waals surface area contributed by atoms with Gasteiger partial charge < -0.3 is 9.73 Å². The number of hydrogen-bond acceptors (Lipinski definition) is 4. The van der Waals surface area contributed by atoms with Gasteiger partial charge in [-0.2, -0.15) is 13.2 Å². The lowest BCUT2D eigenvalue weighted by molar-refractivity contribution is -0.139. The van der Waals surface area contributed by atoms with Crippen molar-refractivity contribution in [1.82, 2.24) is 15.2 Å². The Hall–Kier alpha value is -2.09. The smallest absolute Gasteiger partial charge is 0.405 e. The van der Waals surface area contributed by atoms with Crippen LogP contribution >= 0.6 is 0 Å². The summed E-state index contributed by atoms with van der Waals surface area (Å²) >= 11 is 0. The Morgan fingerprint density at radius 1 is 1.29 bits per heavy atom. The number of para-hydroxylation sites is 2. The molecule has 1 aliphatic rings. The zero-order valence-corrected chi connectivity index (χ0v) is 13.0. The third-order valence-electron chi connectivity index (χ3n) is 4.10. The van der Waals surface area contributed by atoms with Gasteiger partial charge in [-0.3, -0.25) is 9.69 Å². The van der Waals surface area contributed by atoms with Crippen LogP contribution in [0.2, 0.25) is 0 Å². The summed E-state index contributed by atoms with van der Waals surface area (Å²) in [5.41, 5.74) is 1.57. The first-order valence-electron chi connectivity index (χ1n) is 7.82. The standard InChI is InChI=1S/C16H18F3N3O2/c17-16(18,19)10-20-14(23)9-22-7-5-11(6-8-22)15-21-12-3-1-2-4-13(12)24-15/h1-4,11H,5-10H2,(H,20,23). The van der Waals surface area contributed by atoms with Gasteiger partial charge in [0, 0.05) is 5.92 Å². The minimum Gasteiger partial charge on any atom is -0.440 e. The minimum absolute atomic E-state index is 0.0175. The highest BCUT2D eigenvalue weighted by Crippen LogP contribution is 2.29. The average Bonchev–Trinajstić information content (AvgIpc) is 2.97. The predicted octanol–water partition coefficient (Wildman–Crippen LogP) is 2.69. The number of piperidine rings is 1. The van der Waals surface area contributed by atoms with Crippen LogP contribution in [0.3, 0.4) is 0 Å². The molecule has 0 radical (unpaired) electrons. The summed E-state index contributed by atoms with van der Waals surface area (Å²) in [5.74, 6) is 0.261. The molecule has 2 heterocycles. The number of nitrogens with one attached hydrogen (secondary N) is 1. The Morgan fingerprint density at radius 2 is 2.00 bits per heavy atom. The van der Waals surface area contributed by atoms with Crippen molar-refractivity contribution < 1.29 is 22.4 Å². The first kappa shape index (κ1) is 16.8. The largest absolute Gasteiger partial charge is 0.440 e. The fourth-order valence-corrected chi connectivity index (χ4v) is 2.86. The van der Waals surface area contributed by atoms with Crippen LogP contribution in [0.15, 0.2) is 28.7 Å². The monoisotopic (exact) mass is 341 g/mol. The number of carbonyl (C=O) groups is 1. The molecule has 1 saturated heterocycles. The average molecular weight is 341 g/mol. The quantitative estimate of drug-likeness (QED) is 0.929. The van der Waals surface area contributed by atoms with Crippen LogP contribution in [0, 0.1) is 0 Å². The lowest BCUT2D eigenvalue weighted by atomic mass is 9.97. The van der Waals surface area contributed by atoms with Gasteiger partial charge in [0.2, 0.25) is 5.91 Å². The summed E-state index contributed by atoms with van der Waals surface area (Å²) in [6, 6.07) is 7.55. The molecule has 1 N–H and O–H groups in total. The van der Waals surface area contributed by atoms with E-state index in [0.717, 1.165) is 23.9 Å². The number of amides is 1. The Kier molecular flexibility index (Phi) is 4.75. The molecule has 0 atom stereocenters. The Labute approximate surface area is 136 Å². The maximum Gasteiger partial charge on any atom is 0.405 e. The molecular weight excluding hydrogens is 323 g/mol. The number of halogens is 3. The van der Waals surface area contributed by atoms with Crippen LogP contribution in [0.4, 0.5) is 13.2 Å².